The van der Waals surface area contributed by atoms with Gasteiger partial charge in [-0.15, -0.1) is 0 Å². The van der Waals surface area contributed by atoms with E-state index in [4.69, 9.17) is 30.6 Å². The van der Waals surface area contributed by atoms with Gasteiger partial charge >= 0.3 is 5.97 Å². The highest BCUT2D eigenvalue weighted by molar-refractivity contribution is 6.34. The van der Waals surface area contributed by atoms with Gasteiger partial charge in [-0.3, -0.25) is 9.59 Å². The summed E-state index contributed by atoms with van der Waals surface area (Å²) in [5.41, 5.74) is 0.979. The monoisotopic (exact) mass is 442 g/mol. The molecule has 6 nitrogen and oxygen atoms in total. The number of ether oxygens (including phenoxy) is 2. The van der Waals surface area contributed by atoms with E-state index in [-0.39, 0.29) is 17.5 Å². The Kier molecular flexibility index (Phi) is 6.59. The first-order valence-corrected chi connectivity index (χ1v) is 10.7. The molecular weight excluding hydrogens is 420 g/mol. The summed E-state index contributed by atoms with van der Waals surface area (Å²) in [6, 6.07) is 13.8. The molecule has 0 aliphatic heterocycles. The summed E-state index contributed by atoms with van der Waals surface area (Å²) in [6.45, 7) is 0.848. The molecule has 1 aromatic heterocycles. The smallest absolute Gasteiger partial charge is 0.306 e. The lowest BCUT2D eigenvalue weighted by atomic mass is 9.87. The van der Waals surface area contributed by atoms with Crippen molar-refractivity contribution >= 4 is 28.5 Å². The van der Waals surface area contributed by atoms with Gasteiger partial charge in [0.05, 0.1) is 29.0 Å². The average molecular weight is 443 g/mol. The van der Waals surface area contributed by atoms with Crippen molar-refractivity contribution < 1.29 is 23.8 Å². The van der Waals surface area contributed by atoms with Gasteiger partial charge in [0.1, 0.15) is 18.1 Å². The molecule has 0 amide bonds. The Morgan fingerprint density at radius 1 is 1.06 bits per heavy atom. The number of halogens is 1. The van der Waals surface area contributed by atoms with Gasteiger partial charge in [-0.25, -0.2) is 0 Å². The lowest BCUT2D eigenvalue weighted by molar-refractivity contribution is -0.143. The number of aliphatic carboxylic acids is 1. The standard InChI is InChI=1S/C24H23ClO6/c25-20-3-1-2-19-21(26)14-22(31-23(19)20)15-4-8-17(9-5-15)29-12-13-30-18-10-6-16(7-11-18)24(27)28/h1-5,8-9,14,16,18H,6-7,10-13H2,(H,27,28)/t16-,18+. The molecule has 3 aromatic rings. The van der Waals surface area contributed by atoms with E-state index < -0.39 is 5.97 Å². The second-order valence-electron chi connectivity index (χ2n) is 7.65. The summed E-state index contributed by atoms with van der Waals surface area (Å²) in [4.78, 5) is 23.4. The molecule has 1 saturated carbocycles. The van der Waals surface area contributed by atoms with E-state index in [0.717, 1.165) is 18.4 Å². The van der Waals surface area contributed by atoms with Crippen LogP contribution in [0.4, 0.5) is 0 Å². The molecule has 4 rings (SSSR count). The van der Waals surface area contributed by atoms with Crippen molar-refractivity contribution in [2.45, 2.75) is 31.8 Å². The van der Waals surface area contributed by atoms with E-state index in [2.05, 4.69) is 0 Å². The Balaban J connectivity index is 1.31. The predicted octanol–water partition coefficient (Wildman–Crippen LogP) is 5.15. The van der Waals surface area contributed by atoms with Crippen molar-refractivity contribution in [2.24, 2.45) is 5.92 Å². The van der Waals surface area contributed by atoms with Crippen LogP contribution in [0.1, 0.15) is 25.7 Å². The number of hydrogen-bond donors (Lipinski definition) is 1. The molecule has 162 valence electrons. The maximum Gasteiger partial charge on any atom is 0.306 e. The molecule has 1 aliphatic carbocycles. The number of carbonyl (C=O) groups is 1. The number of benzene rings is 2. The molecule has 31 heavy (non-hydrogen) atoms. The van der Waals surface area contributed by atoms with Gasteiger partial charge in [-0.05, 0) is 62.1 Å². The molecule has 0 radical (unpaired) electrons. The van der Waals surface area contributed by atoms with E-state index in [1.165, 1.54) is 6.07 Å². The zero-order chi connectivity index (χ0) is 21.8. The fourth-order valence-corrected chi connectivity index (χ4v) is 4.06. The van der Waals surface area contributed by atoms with Gasteiger partial charge < -0.3 is 19.0 Å². The Hall–Kier alpha value is -2.83. The van der Waals surface area contributed by atoms with E-state index in [0.29, 0.717) is 53.6 Å². The molecule has 0 bridgehead atoms. The maximum atomic E-state index is 12.4. The zero-order valence-electron chi connectivity index (χ0n) is 16.9. The van der Waals surface area contributed by atoms with E-state index >= 15 is 0 Å². The SMILES string of the molecule is O=c1cc(-c2ccc(OCCO[C@H]3CC[C@@H](C(=O)O)CC3)cc2)oc2c(Cl)cccc12. The highest BCUT2D eigenvalue weighted by atomic mass is 35.5. The first kappa shape index (κ1) is 21.4. The summed E-state index contributed by atoms with van der Waals surface area (Å²) >= 11 is 6.17. The van der Waals surface area contributed by atoms with Crippen LogP contribution in [-0.4, -0.2) is 30.4 Å². The quantitative estimate of drug-likeness (QED) is 0.509. The predicted molar refractivity (Wildman–Crippen MR) is 118 cm³/mol. The van der Waals surface area contributed by atoms with Crippen molar-refractivity contribution in [1.29, 1.82) is 0 Å². The summed E-state index contributed by atoms with van der Waals surface area (Å²) in [5.74, 6) is 0.175. The highest BCUT2D eigenvalue weighted by Crippen LogP contribution is 2.28. The van der Waals surface area contributed by atoms with Gasteiger partial charge in [0.25, 0.3) is 0 Å². The van der Waals surface area contributed by atoms with Crippen LogP contribution in [0.3, 0.4) is 0 Å². The van der Waals surface area contributed by atoms with Crippen LogP contribution in [-0.2, 0) is 9.53 Å². The van der Waals surface area contributed by atoms with Gasteiger partial charge in [-0.1, -0.05) is 17.7 Å². The lowest BCUT2D eigenvalue weighted by Gasteiger charge is -2.26. The summed E-state index contributed by atoms with van der Waals surface area (Å²) in [5, 5.41) is 9.89. The maximum absolute atomic E-state index is 12.4. The van der Waals surface area contributed by atoms with Crippen molar-refractivity contribution in [1.82, 2.24) is 0 Å². The molecule has 0 saturated heterocycles. The first-order chi connectivity index (χ1) is 15.0. The third-order valence-electron chi connectivity index (χ3n) is 5.57. The Labute approximate surface area is 184 Å². The molecule has 0 atom stereocenters. The average Bonchev–Trinajstić information content (AvgIpc) is 2.78. The topological polar surface area (TPSA) is 86.0 Å². The van der Waals surface area contributed by atoms with Crippen LogP contribution < -0.4 is 10.2 Å². The van der Waals surface area contributed by atoms with E-state index in [9.17, 15) is 9.59 Å². The second-order valence-corrected chi connectivity index (χ2v) is 8.05. The molecule has 7 heteroatoms. The summed E-state index contributed by atoms with van der Waals surface area (Å²) in [6.07, 6.45) is 2.97. The van der Waals surface area contributed by atoms with Crippen molar-refractivity contribution in [3.63, 3.8) is 0 Å². The van der Waals surface area contributed by atoms with Crippen LogP contribution in [0.25, 0.3) is 22.3 Å². The molecule has 2 aromatic carbocycles. The van der Waals surface area contributed by atoms with Crippen molar-refractivity contribution in [3.8, 4) is 17.1 Å². The van der Waals surface area contributed by atoms with Crippen LogP contribution in [0.2, 0.25) is 5.02 Å². The van der Waals surface area contributed by atoms with E-state index in [1.54, 1.807) is 18.2 Å². The van der Waals surface area contributed by atoms with Crippen LogP contribution >= 0.6 is 11.6 Å². The van der Waals surface area contributed by atoms with Crippen LogP contribution in [0.15, 0.2) is 57.7 Å². The second kappa shape index (κ2) is 9.54. The number of carboxylic acids is 1. The molecule has 1 heterocycles. The first-order valence-electron chi connectivity index (χ1n) is 10.3. The fraction of sp³-hybridized carbons (Fsp3) is 0.333. The van der Waals surface area contributed by atoms with Crippen LogP contribution in [0, 0.1) is 5.92 Å². The zero-order valence-corrected chi connectivity index (χ0v) is 17.6. The van der Waals surface area contributed by atoms with Crippen LogP contribution in [0.5, 0.6) is 5.75 Å². The van der Waals surface area contributed by atoms with E-state index in [1.807, 2.05) is 24.3 Å². The lowest BCUT2D eigenvalue weighted by Crippen LogP contribution is -2.27. The van der Waals surface area contributed by atoms with Gasteiger partial charge in [0.15, 0.2) is 11.0 Å². The third kappa shape index (κ3) is 5.09. The normalized spacial score (nSPS) is 18.7. The minimum atomic E-state index is -0.712. The summed E-state index contributed by atoms with van der Waals surface area (Å²) in [7, 11) is 0. The molecule has 1 N–H and O–H groups in total. The number of para-hydroxylation sites is 1. The number of hydrogen-bond acceptors (Lipinski definition) is 5. The minimum absolute atomic E-state index is 0.101. The highest BCUT2D eigenvalue weighted by Gasteiger charge is 2.26. The Morgan fingerprint density at radius 3 is 2.52 bits per heavy atom. The number of rotatable bonds is 7. The van der Waals surface area contributed by atoms with Crippen molar-refractivity contribution in [2.75, 3.05) is 13.2 Å². The van der Waals surface area contributed by atoms with Gasteiger partial charge in [0.2, 0.25) is 0 Å². The molecule has 0 unspecified atom stereocenters. The molecule has 1 aliphatic rings. The third-order valence-corrected chi connectivity index (χ3v) is 5.87. The molecule has 0 spiro atoms. The largest absolute Gasteiger partial charge is 0.491 e. The Morgan fingerprint density at radius 2 is 1.81 bits per heavy atom. The minimum Gasteiger partial charge on any atom is -0.491 e. The number of fused-ring (bicyclic) bond motifs is 1. The summed E-state index contributed by atoms with van der Waals surface area (Å²) < 4.78 is 17.4. The number of carboxylic acid groups (broad SMARTS) is 1. The molecular formula is C24H23ClO6. The Bertz CT molecular complexity index is 1110. The van der Waals surface area contributed by atoms with Gasteiger partial charge in [-0.2, -0.15) is 0 Å². The molecule has 1 fully saturated rings. The fourth-order valence-electron chi connectivity index (χ4n) is 3.85. The van der Waals surface area contributed by atoms with Crippen molar-refractivity contribution in [3.05, 3.63) is 63.8 Å². The van der Waals surface area contributed by atoms with Gasteiger partial charge in [0, 0.05) is 11.6 Å².